The summed E-state index contributed by atoms with van der Waals surface area (Å²) >= 11 is 0. The summed E-state index contributed by atoms with van der Waals surface area (Å²) in [4.78, 5) is 24.2. The van der Waals surface area contributed by atoms with Crippen LogP contribution in [0.3, 0.4) is 0 Å². The molecule has 3 nitrogen and oxygen atoms in total. The smallest absolute Gasteiger partial charge is 0.310 e. The molecule has 0 radical (unpaired) electrons. The van der Waals surface area contributed by atoms with Gasteiger partial charge in [-0.05, 0) is 93.3 Å². The fourth-order valence-corrected chi connectivity index (χ4v) is 6.61. The Morgan fingerprint density at radius 2 is 2.00 bits per heavy atom. The first-order valence-electron chi connectivity index (χ1n) is 11.7. The van der Waals surface area contributed by atoms with Gasteiger partial charge in [-0.2, -0.15) is 0 Å². The van der Waals surface area contributed by atoms with E-state index in [9.17, 15) is 9.59 Å². The molecule has 3 heteroatoms. The number of carbonyl (C=O) groups excluding carboxylic acids is 2. The highest BCUT2D eigenvalue weighted by Crippen LogP contribution is 2.64. The van der Waals surface area contributed by atoms with Crippen molar-refractivity contribution < 1.29 is 14.3 Å². The summed E-state index contributed by atoms with van der Waals surface area (Å²) in [5, 5.41) is 0. The first-order chi connectivity index (χ1) is 14.1. The fourth-order valence-electron chi connectivity index (χ4n) is 6.61. The first kappa shape index (κ1) is 21.3. The molecule has 2 saturated carbocycles. The molecule has 0 heterocycles. The van der Waals surface area contributed by atoms with E-state index >= 15 is 0 Å². The molecule has 2 fully saturated rings. The van der Waals surface area contributed by atoms with Crippen molar-refractivity contribution >= 4 is 11.8 Å². The van der Waals surface area contributed by atoms with Crippen molar-refractivity contribution in [1.29, 1.82) is 0 Å². The van der Waals surface area contributed by atoms with Gasteiger partial charge >= 0.3 is 5.97 Å². The minimum Gasteiger partial charge on any atom is -0.431 e. The van der Waals surface area contributed by atoms with Gasteiger partial charge in [0.25, 0.3) is 0 Å². The number of carbonyl (C=O) groups is 2. The lowest BCUT2D eigenvalue weighted by Gasteiger charge is -2.51. The number of ether oxygens (including phenoxy) is 1. The maximum Gasteiger partial charge on any atom is 0.310 e. The highest BCUT2D eigenvalue weighted by atomic mass is 16.5. The summed E-state index contributed by atoms with van der Waals surface area (Å²) in [6.07, 6.45) is 14.9. The van der Waals surface area contributed by atoms with Crippen LogP contribution >= 0.6 is 0 Å². The molecule has 4 aliphatic rings. The summed E-state index contributed by atoms with van der Waals surface area (Å²) in [5.41, 5.74) is 4.12. The van der Waals surface area contributed by atoms with Gasteiger partial charge in [0, 0.05) is 11.8 Å². The van der Waals surface area contributed by atoms with Crippen LogP contribution in [0.4, 0.5) is 0 Å². The largest absolute Gasteiger partial charge is 0.431 e. The average Bonchev–Trinajstić information content (AvgIpc) is 3.04. The normalized spacial score (nSPS) is 36.5. The Bertz CT molecular complexity index is 884. The van der Waals surface area contributed by atoms with Crippen LogP contribution in [0.5, 0.6) is 0 Å². The first-order valence-corrected chi connectivity index (χ1v) is 11.7. The summed E-state index contributed by atoms with van der Waals surface area (Å²) < 4.78 is 5.81. The van der Waals surface area contributed by atoms with Crippen molar-refractivity contribution in [3.63, 3.8) is 0 Å². The quantitative estimate of drug-likeness (QED) is 0.304. The van der Waals surface area contributed by atoms with E-state index in [-0.39, 0.29) is 22.6 Å². The molecular formula is C27H36O3. The van der Waals surface area contributed by atoms with Gasteiger partial charge in [0.05, 0.1) is 0 Å². The molecule has 4 rings (SSSR count). The maximum absolute atomic E-state index is 12.3. The Balaban J connectivity index is 1.59. The van der Waals surface area contributed by atoms with Crippen LogP contribution in [-0.2, 0) is 14.3 Å². The van der Waals surface area contributed by atoms with E-state index in [1.807, 2.05) is 13.0 Å². The van der Waals surface area contributed by atoms with Crippen LogP contribution < -0.4 is 0 Å². The standard InChI is InChI=1S/C27H36O3/c1-17(2)6-11-25(29)30-18(3)22-9-10-23-21-8-7-19-16-20(28)12-14-26(19,4)24(21)13-15-27(22,23)5/h12-14,16-17,21,23H,6-11,15H2,1-5H3/t21-,23-,26-,27+/m0/s1. The fraction of sp³-hybridized carbons (Fsp3) is 0.630. The molecule has 0 aliphatic heterocycles. The Labute approximate surface area is 181 Å². The molecule has 4 aliphatic carbocycles. The Morgan fingerprint density at radius 3 is 2.73 bits per heavy atom. The van der Waals surface area contributed by atoms with E-state index in [1.54, 1.807) is 6.08 Å². The van der Waals surface area contributed by atoms with E-state index < -0.39 is 0 Å². The van der Waals surface area contributed by atoms with Crippen LogP contribution in [0, 0.1) is 28.6 Å². The molecule has 0 amide bonds. The zero-order valence-corrected chi connectivity index (χ0v) is 19.2. The van der Waals surface area contributed by atoms with Gasteiger partial charge in [-0.3, -0.25) is 9.59 Å². The van der Waals surface area contributed by atoms with Gasteiger partial charge in [0.1, 0.15) is 5.76 Å². The zero-order valence-electron chi connectivity index (χ0n) is 19.2. The lowest BCUT2D eigenvalue weighted by atomic mass is 9.53. The predicted molar refractivity (Wildman–Crippen MR) is 119 cm³/mol. The summed E-state index contributed by atoms with van der Waals surface area (Å²) in [5.74, 6) is 2.52. The van der Waals surface area contributed by atoms with E-state index in [0.29, 0.717) is 24.2 Å². The lowest BCUT2D eigenvalue weighted by molar-refractivity contribution is -0.139. The van der Waals surface area contributed by atoms with Crippen LogP contribution in [0.1, 0.15) is 79.6 Å². The molecule has 0 bridgehead atoms. The minimum atomic E-state index is -0.0943. The van der Waals surface area contributed by atoms with Gasteiger partial charge in [0.2, 0.25) is 0 Å². The molecule has 0 spiro atoms. The van der Waals surface area contributed by atoms with Gasteiger partial charge in [-0.25, -0.2) is 0 Å². The van der Waals surface area contributed by atoms with Crippen LogP contribution in [-0.4, -0.2) is 11.8 Å². The number of hydrogen-bond acceptors (Lipinski definition) is 3. The number of allylic oxidation sites excluding steroid dienone is 8. The summed E-state index contributed by atoms with van der Waals surface area (Å²) in [6, 6.07) is 0. The van der Waals surface area contributed by atoms with Gasteiger partial charge in [-0.15, -0.1) is 0 Å². The Hall–Kier alpha value is -1.90. The van der Waals surface area contributed by atoms with Crippen molar-refractivity contribution in [2.24, 2.45) is 28.6 Å². The van der Waals surface area contributed by atoms with E-state index in [4.69, 9.17) is 4.74 Å². The molecule has 0 aromatic rings. The highest BCUT2D eigenvalue weighted by Gasteiger charge is 2.54. The molecule has 0 aromatic heterocycles. The number of fused-ring (bicyclic) bond motifs is 5. The number of hydrogen-bond donors (Lipinski definition) is 0. The molecule has 4 atom stereocenters. The van der Waals surface area contributed by atoms with Crippen molar-refractivity contribution in [2.45, 2.75) is 79.6 Å². The second-order valence-corrected chi connectivity index (χ2v) is 10.6. The Kier molecular flexibility index (Phi) is 5.45. The van der Waals surface area contributed by atoms with E-state index in [1.165, 1.54) is 16.7 Å². The van der Waals surface area contributed by atoms with Crippen molar-refractivity contribution in [3.8, 4) is 0 Å². The van der Waals surface area contributed by atoms with Crippen molar-refractivity contribution in [1.82, 2.24) is 0 Å². The lowest BCUT2D eigenvalue weighted by Crippen LogP contribution is -2.42. The molecule has 0 unspecified atom stereocenters. The van der Waals surface area contributed by atoms with Crippen LogP contribution in [0.2, 0.25) is 0 Å². The molecule has 30 heavy (non-hydrogen) atoms. The predicted octanol–water partition coefficient (Wildman–Crippen LogP) is 6.47. The third-order valence-electron chi connectivity index (χ3n) is 8.35. The number of ketones is 1. The highest BCUT2D eigenvalue weighted by molar-refractivity contribution is 6.01. The zero-order chi connectivity index (χ0) is 21.7. The minimum absolute atomic E-state index is 0.0718. The second kappa shape index (κ2) is 7.66. The molecule has 0 saturated heterocycles. The second-order valence-electron chi connectivity index (χ2n) is 10.6. The van der Waals surface area contributed by atoms with Crippen molar-refractivity contribution in [3.05, 3.63) is 46.8 Å². The van der Waals surface area contributed by atoms with Gasteiger partial charge in [0.15, 0.2) is 5.78 Å². The van der Waals surface area contributed by atoms with Crippen LogP contribution in [0.15, 0.2) is 46.8 Å². The monoisotopic (exact) mass is 408 g/mol. The molecule has 0 aromatic carbocycles. The third-order valence-corrected chi connectivity index (χ3v) is 8.35. The molecule has 0 N–H and O–H groups in total. The summed E-state index contributed by atoms with van der Waals surface area (Å²) in [6.45, 7) is 10.9. The van der Waals surface area contributed by atoms with Gasteiger partial charge < -0.3 is 4.74 Å². The molecule has 162 valence electrons. The summed E-state index contributed by atoms with van der Waals surface area (Å²) in [7, 11) is 0. The van der Waals surface area contributed by atoms with E-state index in [0.717, 1.165) is 44.3 Å². The number of rotatable bonds is 4. The molecular weight excluding hydrogens is 372 g/mol. The Morgan fingerprint density at radius 1 is 1.23 bits per heavy atom. The third kappa shape index (κ3) is 3.44. The average molecular weight is 409 g/mol. The SMILES string of the molecule is CC(OC(=O)CCC(C)C)=C1CC[C@H]2[C@@H]3CCC4=CC(=O)C=C[C@]4(C)C3=CC[C@]12C. The van der Waals surface area contributed by atoms with Crippen molar-refractivity contribution in [2.75, 3.05) is 0 Å². The number of esters is 1. The topological polar surface area (TPSA) is 43.4 Å². The maximum atomic E-state index is 12.3. The van der Waals surface area contributed by atoms with Gasteiger partial charge in [-0.1, -0.05) is 44.1 Å². The van der Waals surface area contributed by atoms with Crippen LogP contribution in [0.25, 0.3) is 0 Å². The van der Waals surface area contributed by atoms with E-state index in [2.05, 4.69) is 39.8 Å².